The predicted octanol–water partition coefficient (Wildman–Crippen LogP) is 0.689. The number of hydrogen-bond donors (Lipinski definition) is 1. The smallest absolute Gasteiger partial charge is 0.419 e. The lowest BCUT2D eigenvalue weighted by Crippen LogP contribution is -2.44. The first kappa shape index (κ1) is 7.54. The Hall–Kier alpha value is -0.570. The molecule has 3 heteroatoms. The highest BCUT2D eigenvalue weighted by Crippen LogP contribution is 2.25. The summed E-state index contributed by atoms with van der Waals surface area (Å²) >= 11 is 0. The minimum absolute atomic E-state index is 0.694. The average Bonchev–Trinajstić information content (AvgIpc) is 1.89. The minimum Gasteiger partial charge on any atom is -0.436 e. The van der Waals surface area contributed by atoms with Gasteiger partial charge in [-0.15, -0.1) is 0 Å². The predicted molar refractivity (Wildman–Crippen MR) is 36.8 cm³/mol. The molecule has 0 bridgehead atoms. The molecule has 57 valence electrons. The normalized spacial score (nSPS) is 23.7. The van der Waals surface area contributed by atoms with Crippen molar-refractivity contribution < 1.29 is 9.53 Å². The Morgan fingerprint density at radius 1 is 1.30 bits per heavy atom. The highest BCUT2D eigenvalue weighted by Gasteiger charge is 2.28. The summed E-state index contributed by atoms with van der Waals surface area (Å²) in [6, 6.07) is 0. The van der Waals surface area contributed by atoms with E-state index in [4.69, 9.17) is 5.73 Å². The van der Waals surface area contributed by atoms with Gasteiger partial charge in [-0.1, -0.05) is 6.42 Å². The number of ether oxygens (including phenoxy) is 1. The summed E-state index contributed by atoms with van der Waals surface area (Å²) in [7, 11) is 0. The number of hydrogen-bond acceptors (Lipinski definition) is 3. The van der Waals surface area contributed by atoms with Crippen LogP contribution in [0.3, 0.4) is 0 Å². The summed E-state index contributed by atoms with van der Waals surface area (Å²) in [6.45, 7) is 1.40. The molecular formula is C7H12NO2. The monoisotopic (exact) mass is 142 g/mol. The molecule has 1 aliphatic rings. The Kier molecular flexibility index (Phi) is 2.27. The SMILES string of the molecule is NC1(O[C]=O)CCCCC1. The molecule has 0 spiro atoms. The maximum absolute atomic E-state index is 9.85. The highest BCUT2D eigenvalue weighted by molar-refractivity contribution is 5.39. The summed E-state index contributed by atoms with van der Waals surface area (Å²) in [4.78, 5) is 9.85. The second-order valence-electron chi connectivity index (χ2n) is 2.81. The Bertz CT molecular complexity index is 119. The second-order valence-corrected chi connectivity index (χ2v) is 2.81. The van der Waals surface area contributed by atoms with Crippen molar-refractivity contribution in [3.05, 3.63) is 0 Å². The first-order valence-corrected chi connectivity index (χ1v) is 3.61. The molecule has 1 fully saturated rings. The Labute approximate surface area is 60.5 Å². The summed E-state index contributed by atoms with van der Waals surface area (Å²) in [5.74, 6) is 0. The third-order valence-corrected chi connectivity index (χ3v) is 1.94. The van der Waals surface area contributed by atoms with Crippen LogP contribution in [0.4, 0.5) is 0 Å². The van der Waals surface area contributed by atoms with Crippen LogP contribution in [-0.2, 0) is 9.53 Å². The van der Waals surface area contributed by atoms with Gasteiger partial charge in [-0.3, -0.25) is 5.73 Å². The molecule has 0 aliphatic heterocycles. The fourth-order valence-electron chi connectivity index (χ4n) is 1.34. The molecule has 0 aromatic heterocycles. The molecule has 10 heavy (non-hydrogen) atoms. The lowest BCUT2D eigenvalue weighted by Gasteiger charge is -2.30. The van der Waals surface area contributed by atoms with Crippen LogP contribution >= 0.6 is 0 Å². The van der Waals surface area contributed by atoms with E-state index in [-0.39, 0.29) is 0 Å². The Morgan fingerprint density at radius 3 is 2.40 bits per heavy atom. The zero-order chi connectivity index (χ0) is 7.45. The molecule has 0 aromatic rings. The first-order chi connectivity index (χ1) is 4.77. The van der Waals surface area contributed by atoms with Gasteiger partial charge >= 0.3 is 6.47 Å². The van der Waals surface area contributed by atoms with Crippen LogP contribution in [-0.4, -0.2) is 12.2 Å². The molecule has 0 saturated heterocycles. The van der Waals surface area contributed by atoms with Crippen molar-refractivity contribution in [3.8, 4) is 0 Å². The van der Waals surface area contributed by atoms with Gasteiger partial charge in [0.05, 0.1) is 0 Å². The summed E-state index contributed by atoms with van der Waals surface area (Å²) in [5, 5.41) is 0. The minimum atomic E-state index is -0.694. The second kappa shape index (κ2) is 3.01. The van der Waals surface area contributed by atoms with Crippen LogP contribution in [0.25, 0.3) is 0 Å². The number of rotatable bonds is 2. The van der Waals surface area contributed by atoms with E-state index in [9.17, 15) is 4.79 Å². The summed E-state index contributed by atoms with van der Waals surface area (Å²) in [6.07, 6.45) is 4.86. The number of carbonyl (C=O) groups excluding carboxylic acids is 1. The summed E-state index contributed by atoms with van der Waals surface area (Å²) in [5.41, 5.74) is 4.99. The van der Waals surface area contributed by atoms with E-state index in [0.717, 1.165) is 25.7 Å². The van der Waals surface area contributed by atoms with Gasteiger partial charge in [0, 0.05) is 12.8 Å². The van der Waals surface area contributed by atoms with E-state index in [1.54, 1.807) is 0 Å². The van der Waals surface area contributed by atoms with Crippen LogP contribution in [0.5, 0.6) is 0 Å². The summed E-state index contributed by atoms with van der Waals surface area (Å²) < 4.78 is 4.64. The van der Waals surface area contributed by atoms with Crippen molar-refractivity contribution in [2.45, 2.75) is 37.8 Å². The van der Waals surface area contributed by atoms with Gasteiger partial charge in [0.15, 0.2) is 5.72 Å². The van der Waals surface area contributed by atoms with Gasteiger partial charge in [0.1, 0.15) is 0 Å². The van der Waals surface area contributed by atoms with Gasteiger partial charge in [-0.2, -0.15) is 0 Å². The van der Waals surface area contributed by atoms with Crippen LogP contribution in [0.2, 0.25) is 0 Å². The van der Waals surface area contributed by atoms with Gasteiger partial charge in [0.25, 0.3) is 0 Å². The van der Waals surface area contributed by atoms with Crippen LogP contribution in [0.15, 0.2) is 0 Å². The van der Waals surface area contributed by atoms with Gasteiger partial charge in [-0.05, 0) is 12.8 Å². The Balaban J connectivity index is 2.39. The number of nitrogens with two attached hydrogens (primary N) is 1. The fraction of sp³-hybridized carbons (Fsp3) is 0.857. The molecule has 1 saturated carbocycles. The van der Waals surface area contributed by atoms with Crippen molar-refractivity contribution in [3.63, 3.8) is 0 Å². The molecule has 0 amide bonds. The topological polar surface area (TPSA) is 52.3 Å². The highest BCUT2D eigenvalue weighted by atomic mass is 16.5. The van der Waals surface area contributed by atoms with Crippen molar-refractivity contribution in [2.24, 2.45) is 5.73 Å². The van der Waals surface area contributed by atoms with Crippen LogP contribution in [0, 0.1) is 0 Å². The fourth-order valence-corrected chi connectivity index (χ4v) is 1.34. The maximum atomic E-state index is 9.85. The molecule has 3 nitrogen and oxygen atoms in total. The average molecular weight is 142 g/mol. The standard InChI is InChI=1S/C7H12NO2/c8-7(10-6-9)4-2-1-3-5-7/h1-5,8H2. The van der Waals surface area contributed by atoms with E-state index in [0.29, 0.717) is 0 Å². The van der Waals surface area contributed by atoms with E-state index in [1.165, 1.54) is 12.9 Å². The van der Waals surface area contributed by atoms with Gasteiger partial charge < -0.3 is 4.74 Å². The third-order valence-electron chi connectivity index (χ3n) is 1.94. The molecule has 1 rings (SSSR count). The third kappa shape index (κ3) is 1.70. The lowest BCUT2D eigenvalue weighted by molar-refractivity contribution is 0.0211. The van der Waals surface area contributed by atoms with E-state index < -0.39 is 5.72 Å². The van der Waals surface area contributed by atoms with Crippen molar-refractivity contribution in [1.82, 2.24) is 0 Å². The quantitative estimate of drug-likeness (QED) is 0.577. The van der Waals surface area contributed by atoms with Crippen LogP contribution < -0.4 is 5.73 Å². The van der Waals surface area contributed by atoms with E-state index in [1.807, 2.05) is 0 Å². The van der Waals surface area contributed by atoms with Crippen molar-refractivity contribution in [1.29, 1.82) is 0 Å². The van der Waals surface area contributed by atoms with E-state index in [2.05, 4.69) is 4.74 Å². The molecule has 0 heterocycles. The maximum Gasteiger partial charge on any atom is 0.419 e. The largest absolute Gasteiger partial charge is 0.436 e. The van der Waals surface area contributed by atoms with Gasteiger partial charge in [-0.25, -0.2) is 4.79 Å². The van der Waals surface area contributed by atoms with Crippen molar-refractivity contribution in [2.75, 3.05) is 0 Å². The molecule has 1 aliphatic carbocycles. The molecule has 0 aromatic carbocycles. The molecular weight excluding hydrogens is 130 g/mol. The molecule has 0 unspecified atom stereocenters. The Morgan fingerprint density at radius 2 is 1.90 bits per heavy atom. The molecule has 1 radical (unpaired) electrons. The van der Waals surface area contributed by atoms with Crippen molar-refractivity contribution >= 4 is 6.47 Å². The molecule has 2 N–H and O–H groups in total. The lowest BCUT2D eigenvalue weighted by atomic mass is 9.92. The van der Waals surface area contributed by atoms with Crippen LogP contribution in [0.1, 0.15) is 32.1 Å². The van der Waals surface area contributed by atoms with E-state index >= 15 is 0 Å². The van der Waals surface area contributed by atoms with Gasteiger partial charge in [0.2, 0.25) is 0 Å². The first-order valence-electron chi connectivity index (χ1n) is 3.61. The zero-order valence-corrected chi connectivity index (χ0v) is 5.93. The zero-order valence-electron chi connectivity index (χ0n) is 5.93. The molecule has 0 atom stereocenters.